The standard InChI is InChI=1S/C9H14NO3.ClH/c1-11-10(12-2,13-3)9-7-5-4-6-8-9;/h4-8H,1-3H3;1H/q+1;/p-1. The number of hydrogen-bond donors (Lipinski definition) is 0. The first-order valence-electron chi connectivity index (χ1n) is 3.91. The predicted octanol–water partition coefficient (Wildman–Crippen LogP) is -1.32. The van der Waals surface area contributed by atoms with Crippen LogP contribution in [-0.2, 0) is 14.5 Å². The Labute approximate surface area is 89.9 Å². The molecule has 0 aliphatic rings. The molecule has 1 rings (SSSR count). The number of halogens is 1. The van der Waals surface area contributed by atoms with E-state index in [4.69, 9.17) is 14.5 Å². The van der Waals surface area contributed by atoms with E-state index in [9.17, 15) is 0 Å². The SMILES string of the molecule is CO[N+](OC)(OC)c1ccccc1.[Cl-]. The van der Waals surface area contributed by atoms with Crippen molar-refractivity contribution in [1.29, 1.82) is 0 Å². The fourth-order valence-corrected chi connectivity index (χ4v) is 1.15. The second-order valence-corrected chi connectivity index (χ2v) is 2.38. The Morgan fingerprint density at radius 3 is 1.64 bits per heavy atom. The lowest BCUT2D eigenvalue weighted by Gasteiger charge is -2.23. The second kappa shape index (κ2) is 5.95. The van der Waals surface area contributed by atoms with Crippen molar-refractivity contribution in [3.8, 4) is 0 Å². The van der Waals surface area contributed by atoms with Gasteiger partial charge in [-0.1, -0.05) is 18.2 Å². The smallest absolute Gasteiger partial charge is 0.237 e. The van der Waals surface area contributed by atoms with Crippen LogP contribution >= 0.6 is 0 Å². The summed E-state index contributed by atoms with van der Waals surface area (Å²) in [4.78, 5) is 14.9. The molecule has 0 bridgehead atoms. The molecule has 1 aromatic carbocycles. The molecular formula is C9H14ClNO3. The molecule has 0 aliphatic heterocycles. The van der Waals surface area contributed by atoms with Gasteiger partial charge in [-0.25, -0.2) is 0 Å². The van der Waals surface area contributed by atoms with Crippen molar-refractivity contribution in [2.75, 3.05) is 21.3 Å². The zero-order chi connectivity index (χ0) is 9.73. The van der Waals surface area contributed by atoms with Crippen LogP contribution in [0, 0.1) is 0 Å². The summed E-state index contributed by atoms with van der Waals surface area (Å²) in [6.45, 7) is 0. The zero-order valence-electron chi connectivity index (χ0n) is 8.44. The summed E-state index contributed by atoms with van der Waals surface area (Å²) in [6.07, 6.45) is 0. The number of quaternary nitrogens is 1. The van der Waals surface area contributed by atoms with Gasteiger partial charge in [0.15, 0.2) is 0 Å². The van der Waals surface area contributed by atoms with Crippen LogP contribution in [0.15, 0.2) is 30.3 Å². The highest BCUT2D eigenvalue weighted by Crippen LogP contribution is 2.22. The van der Waals surface area contributed by atoms with Gasteiger partial charge in [-0.3, -0.25) is 0 Å². The number of benzene rings is 1. The van der Waals surface area contributed by atoms with E-state index in [-0.39, 0.29) is 12.4 Å². The van der Waals surface area contributed by atoms with Crippen molar-refractivity contribution in [1.82, 2.24) is 4.97 Å². The molecule has 0 saturated carbocycles. The average Bonchev–Trinajstić information content (AvgIpc) is 2.23. The number of nitrogens with zero attached hydrogens (tertiary/aromatic N) is 1. The molecule has 0 heterocycles. The number of hydrogen-bond acceptors (Lipinski definition) is 3. The van der Waals surface area contributed by atoms with Crippen LogP contribution in [0.25, 0.3) is 0 Å². The lowest BCUT2D eigenvalue weighted by atomic mass is 10.3. The highest BCUT2D eigenvalue weighted by molar-refractivity contribution is 5.36. The van der Waals surface area contributed by atoms with E-state index in [1.165, 1.54) is 21.3 Å². The van der Waals surface area contributed by atoms with Gasteiger partial charge in [0.25, 0.3) is 0 Å². The molecule has 0 atom stereocenters. The lowest BCUT2D eigenvalue weighted by Crippen LogP contribution is -3.00. The van der Waals surface area contributed by atoms with E-state index >= 15 is 0 Å². The minimum atomic E-state index is -0.402. The maximum Gasteiger partial charge on any atom is 0.237 e. The second-order valence-electron chi connectivity index (χ2n) is 2.38. The van der Waals surface area contributed by atoms with Gasteiger partial charge in [0.1, 0.15) is 26.3 Å². The minimum Gasteiger partial charge on any atom is -1.00 e. The zero-order valence-corrected chi connectivity index (χ0v) is 9.19. The normalized spacial score (nSPS) is 10.8. The molecule has 0 saturated heterocycles. The van der Waals surface area contributed by atoms with Crippen LogP contribution in [-0.4, -0.2) is 21.3 Å². The van der Waals surface area contributed by atoms with Gasteiger partial charge in [0.05, 0.1) is 0 Å². The Balaban J connectivity index is 0.00000169. The summed E-state index contributed by atoms with van der Waals surface area (Å²) < 4.78 is 0. The molecule has 0 radical (unpaired) electrons. The number of rotatable bonds is 4. The van der Waals surface area contributed by atoms with Crippen molar-refractivity contribution in [2.24, 2.45) is 0 Å². The summed E-state index contributed by atoms with van der Waals surface area (Å²) in [5.74, 6) is 0. The summed E-state index contributed by atoms with van der Waals surface area (Å²) in [5.41, 5.74) is 0.773. The molecule has 0 N–H and O–H groups in total. The molecule has 14 heavy (non-hydrogen) atoms. The highest BCUT2D eigenvalue weighted by Gasteiger charge is 2.34. The van der Waals surface area contributed by atoms with Crippen molar-refractivity contribution < 1.29 is 26.9 Å². The third kappa shape index (κ3) is 2.43. The molecule has 0 aromatic heterocycles. The molecule has 0 unspecified atom stereocenters. The third-order valence-corrected chi connectivity index (χ3v) is 1.79. The van der Waals surface area contributed by atoms with Gasteiger partial charge >= 0.3 is 0 Å². The van der Waals surface area contributed by atoms with E-state index < -0.39 is 4.97 Å². The van der Waals surface area contributed by atoms with Crippen molar-refractivity contribution in [3.63, 3.8) is 0 Å². The van der Waals surface area contributed by atoms with Crippen LogP contribution in [0.3, 0.4) is 0 Å². The quantitative estimate of drug-likeness (QED) is 0.465. The Hall–Kier alpha value is -0.650. The van der Waals surface area contributed by atoms with Crippen molar-refractivity contribution in [2.45, 2.75) is 0 Å². The maximum absolute atomic E-state index is 5.12. The fraction of sp³-hybridized carbons (Fsp3) is 0.333. The van der Waals surface area contributed by atoms with E-state index in [0.29, 0.717) is 0 Å². The molecule has 0 fully saturated rings. The summed E-state index contributed by atoms with van der Waals surface area (Å²) in [5, 5.41) is 0. The minimum absolute atomic E-state index is 0. The van der Waals surface area contributed by atoms with E-state index in [0.717, 1.165) is 5.69 Å². The fourth-order valence-electron chi connectivity index (χ4n) is 1.15. The topological polar surface area (TPSA) is 27.7 Å². The van der Waals surface area contributed by atoms with Crippen LogP contribution in [0.4, 0.5) is 5.69 Å². The summed E-state index contributed by atoms with van der Waals surface area (Å²) >= 11 is 0. The third-order valence-electron chi connectivity index (χ3n) is 1.79. The first kappa shape index (κ1) is 13.4. The molecule has 4 nitrogen and oxygen atoms in total. The Kier molecular flexibility index (Phi) is 5.68. The largest absolute Gasteiger partial charge is 1.00 e. The van der Waals surface area contributed by atoms with Gasteiger partial charge in [0.2, 0.25) is 5.69 Å². The molecule has 0 spiro atoms. The van der Waals surface area contributed by atoms with Crippen molar-refractivity contribution in [3.05, 3.63) is 30.3 Å². The Bertz CT molecular complexity index is 243. The van der Waals surface area contributed by atoms with Crippen LogP contribution in [0.1, 0.15) is 0 Å². The maximum atomic E-state index is 5.12. The molecular weight excluding hydrogens is 206 g/mol. The first-order chi connectivity index (χ1) is 6.29. The molecule has 5 heteroatoms. The highest BCUT2D eigenvalue weighted by atomic mass is 35.5. The Morgan fingerprint density at radius 1 is 0.857 bits per heavy atom. The van der Waals surface area contributed by atoms with E-state index in [2.05, 4.69) is 0 Å². The van der Waals surface area contributed by atoms with Gasteiger partial charge in [-0.2, -0.15) is 0 Å². The molecule has 1 aromatic rings. The van der Waals surface area contributed by atoms with Gasteiger partial charge in [0, 0.05) is 12.1 Å². The van der Waals surface area contributed by atoms with Gasteiger partial charge in [-0.15, -0.1) is 14.5 Å². The first-order valence-corrected chi connectivity index (χ1v) is 3.91. The van der Waals surface area contributed by atoms with E-state index in [1.54, 1.807) is 0 Å². The molecule has 0 amide bonds. The van der Waals surface area contributed by atoms with Crippen molar-refractivity contribution >= 4 is 5.69 Å². The summed E-state index contributed by atoms with van der Waals surface area (Å²) in [6, 6.07) is 9.41. The average molecular weight is 220 g/mol. The van der Waals surface area contributed by atoms with Crippen LogP contribution in [0.2, 0.25) is 0 Å². The van der Waals surface area contributed by atoms with E-state index in [1.807, 2.05) is 30.3 Å². The van der Waals surface area contributed by atoms with Crippen LogP contribution < -0.4 is 17.4 Å². The van der Waals surface area contributed by atoms with Gasteiger partial charge in [-0.05, 0) is 0 Å². The van der Waals surface area contributed by atoms with Crippen LogP contribution in [0.5, 0.6) is 0 Å². The monoisotopic (exact) mass is 219 g/mol. The lowest BCUT2D eigenvalue weighted by molar-refractivity contribution is -0.483. The Morgan fingerprint density at radius 2 is 1.29 bits per heavy atom. The predicted molar refractivity (Wildman–Crippen MR) is 49.3 cm³/mol. The molecule has 80 valence electrons. The summed E-state index contributed by atoms with van der Waals surface area (Å²) in [7, 11) is 4.54. The van der Waals surface area contributed by atoms with Gasteiger partial charge < -0.3 is 12.4 Å². The molecule has 0 aliphatic carbocycles.